The van der Waals surface area contributed by atoms with Crippen molar-refractivity contribution in [1.29, 1.82) is 0 Å². The van der Waals surface area contributed by atoms with Crippen LogP contribution in [0.15, 0.2) is 36.7 Å². The molecule has 1 saturated heterocycles. The third kappa shape index (κ3) is 5.29. The van der Waals surface area contributed by atoms with Gasteiger partial charge in [-0.3, -0.25) is 4.79 Å². The summed E-state index contributed by atoms with van der Waals surface area (Å²) in [6.07, 6.45) is 5.67. The summed E-state index contributed by atoms with van der Waals surface area (Å²) in [5, 5.41) is 12.1. The number of hydrogen-bond donors (Lipinski definition) is 3. The summed E-state index contributed by atoms with van der Waals surface area (Å²) in [5.74, 6) is 0.282. The molecule has 1 aromatic carbocycles. The zero-order valence-electron chi connectivity index (χ0n) is 21.6. The van der Waals surface area contributed by atoms with Crippen molar-refractivity contribution >= 4 is 28.7 Å². The Morgan fingerprint density at radius 2 is 1.75 bits per heavy atom. The van der Waals surface area contributed by atoms with Gasteiger partial charge in [-0.1, -0.05) is 45.0 Å². The van der Waals surface area contributed by atoms with E-state index in [9.17, 15) is 9.59 Å². The lowest BCUT2D eigenvalue weighted by molar-refractivity contribution is 0.0936. The minimum absolute atomic E-state index is 0.105. The monoisotopic (exact) mass is 491 g/mol. The molecule has 192 valence electrons. The van der Waals surface area contributed by atoms with Gasteiger partial charge in [0.1, 0.15) is 0 Å². The van der Waals surface area contributed by atoms with E-state index in [0.29, 0.717) is 31.1 Å². The summed E-state index contributed by atoms with van der Waals surface area (Å²) in [7, 11) is 0. The molecule has 1 aliphatic heterocycles. The van der Waals surface area contributed by atoms with Crippen LogP contribution in [0.2, 0.25) is 0 Å². The van der Waals surface area contributed by atoms with Crippen molar-refractivity contribution in [3.05, 3.63) is 53.3 Å². The number of rotatable bonds is 8. The van der Waals surface area contributed by atoms with Crippen LogP contribution in [-0.4, -0.2) is 50.7 Å². The first-order chi connectivity index (χ1) is 17.3. The average molecular weight is 492 g/mol. The van der Waals surface area contributed by atoms with Crippen LogP contribution < -0.4 is 16.4 Å². The van der Waals surface area contributed by atoms with E-state index in [-0.39, 0.29) is 18.0 Å². The molecule has 36 heavy (non-hydrogen) atoms. The van der Waals surface area contributed by atoms with Gasteiger partial charge in [-0.05, 0) is 43.2 Å². The van der Waals surface area contributed by atoms with Gasteiger partial charge in [0.15, 0.2) is 5.65 Å². The van der Waals surface area contributed by atoms with E-state index in [1.807, 2.05) is 11.6 Å². The highest BCUT2D eigenvalue weighted by Crippen LogP contribution is 2.29. The fourth-order valence-corrected chi connectivity index (χ4v) is 4.80. The number of primary amides is 1. The molecular formula is C27H37N7O2. The molecule has 1 fully saturated rings. The van der Waals surface area contributed by atoms with Crippen molar-refractivity contribution in [3.8, 4) is 0 Å². The number of benzene rings is 1. The Hall–Kier alpha value is -3.62. The number of urea groups is 1. The van der Waals surface area contributed by atoms with E-state index >= 15 is 0 Å². The molecule has 2 aromatic heterocycles. The van der Waals surface area contributed by atoms with Crippen LogP contribution in [0, 0.1) is 0 Å². The van der Waals surface area contributed by atoms with Crippen LogP contribution >= 0.6 is 0 Å². The Kier molecular flexibility index (Phi) is 7.76. The number of carbonyl (C=O) groups is 2. The first kappa shape index (κ1) is 25.5. The molecule has 3 amide bonds. The number of amides is 3. The number of piperidine rings is 1. The predicted molar refractivity (Wildman–Crippen MR) is 142 cm³/mol. The topological polar surface area (TPSA) is 118 Å². The van der Waals surface area contributed by atoms with Crippen LogP contribution in [-0.2, 0) is 6.54 Å². The van der Waals surface area contributed by atoms with Crippen molar-refractivity contribution in [2.45, 2.75) is 71.5 Å². The number of nitrogens with two attached hydrogens (primary N) is 1. The number of fused-ring (bicyclic) bond motifs is 1. The maximum atomic E-state index is 13.6. The molecular weight excluding hydrogens is 454 g/mol. The molecule has 3 aromatic rings. The van der Waals surface area contributed by atoms with Gasteiger partial charge in [0, 0.05) is 31.9 Å². The minimum Gasteiger partial charge on any atom is -0.381 e. The van der Waals surface area contributed by atoms with Gasteiger partial charge in [0.25, 0.3) is 5.91 Å². The first-order valence-electron chi connectivity index (χ1n) is 12.9. The number of aromatic nitrogens is 3. The Morgan fingerprint density at radius 1 is 1.08 bits per heavy atom. The highest BCUT2D eigenvalue weighted by Gasteiger charge is 2.26. The third-order valence-corrected chi connectivity index (χ3v) is 7.08. The zero-order chi connectivity index (χ0) is 25.8. The second-order valence-corrected chi connectivity index (χ2v) is 9.74. The molecule has 9 nitrogen and oxygen atoms in total. The third-order valence-electron chi connectivity index (χ3n) is 7.08. The van der Waals surface area contributed by atoms with Gasteiger partial charge in [0.05, 0.1) is 28.9 Å². The van der Waals surface area contributed by atoms with Crippen LogP contribution in [0.3, 0.4) is 0 Å². The Bertz CT molecular complexity index is 1210. The standard InChI is InChI=1S/C27H37N7O2/c1-5-23(19-9-7-18(8-10-19)17(3)4)32-26(35)22-15-29-25-21(16-30-34(25)6-2)24(22)31-20-11-13-33(14-12-20)27(28)36/h7-10,15-17,20,23H,5-6,11-14H2,1-4H3,(H2,28,36)(H,29,31)(H,32,35). The Balaban J connectivity index is 1.61. The molecule has 1 unspecified atom stereocenters. The number of anilines is 1. The van der Waals surface area contributed by atoms with Gasteiger partial charge in [-0.25, -0.2) is 14.5 Å². The minimum atomic E-state index is -0.393. The van der Waals surface area contributed by atoms with Crippen molar-refractivity contribution in [2.24, 2.45) is 5.73 Å². The normalized spacial score (nSPS) is 15.3. The second kappa shape index (κ2) is 11.0. The highest BCUT2D eigenvalue weighted by atomic mass is 16.2. The number of carbonyl (C=O) groups excluding carboxylic acids is 2. The zero-order valence-corrected chi connectivity index (χ0v) is 21.6. The molecule has 0 spiro atoms. The maximum absolute atomic E-state index is 13.6. The molecule has 4 N–H and O–H groups in total. The van der Waals surface area contributed by atoms with Crippen molar-refractivity contribution < 1.29 is 9.59 Å². The van der Waals surface area contributed by atoms with Gasteiger partial charge >= 0.3 is 6.03 Å². The summed E-state index contributed by atoms with van der Waals surface area (Å²) in [4.78, 5) is 31.4. The van der Waals surface area contributed by atoms with Crippen molar-refractivity contribution in [1.82, 2.24) is 25.0 Å². The fourth-order valence-electron chi connectivity index (χ4n) is 4.80. The number of likely N-dealkylation sites (tertiary alicyclic amines) is 1. The average Bonchev–Trinajstić information content (AvgIpc) is 3.31. The summed E-state index contributed by atoms with van der Waals surface area (Å²) in [5.41, 5.74) is 9.77. The van der Waals surface area contributed by atoms with E-state index in [2.05, 4.69) is 65.8 Å². The smallest absolute Gasteiger partial charge is 0.314 e. The number of pyridine rings is 1. The molecule has 0 radical (unpaired) electrons. The summed E-state index contributed by atoms with van der Waals surface area (Å²) >= 11 is 0. The molecule has 0 bridgehead atoms. The van der Waals surface area contributed by atoms with E-state index in [4.69, 9.17) is 5.73 Å². The number of nitrogens with one attached hydrogen (secondary N) is 2. The lowest BCUT2D eigenvalue weighted by Crippen LogP contribution is -2.45. The number of hydrogen-bond acceptors (Lipinski definition) is 5. The van der Waals surface area contributed by atoms with Crippen LogP contribution in [0.5, 0.6) is 0 Å². The van der Waals surface area contributed by atoms with Crippen LogP contribution in [0.25, 0.3) is 11.0 Å². The number of aryl methyl sites for hydroxylation is 1. The second-order valence-electron chi connectivity index (χ2n) is 9.74. The van der Waals surface area contributed by atoms with Gasteiger partial charge in [-0.15, -0.1) is 0 Å². The molecule has 1 aliphatic rings. The first-order valence-corrected chi connectivity index (χ1v) is 12.9. The van der Waals surface area contributed by atoms with E-state index in [1.54, 1.807) is 17.3 Å². The SMILES string of the molecule is CCC(NC(=O)c1cnc2c(cnn2CC)c1NC1CCN(C(N)=O)CC1)c1ccc(C(C)C)cc1. The predicted octanol–water partition coefficient (Wildman–Crippen LogP) is 4.41. The van der Waals surface area contributed by atoms with E-state index < -0.39 is 6.03 Å². The van der Waals surface area contributed by atoms with E-state index in [0.717, 1.165) is 41.5 Å². The molecule has 0 aliphatic carbocycles. The van der Waals surface area contributed by atoms with E-state index in [1.165, 1.54) is 5.56 Å². The van der Waals surface area contributed by atoms with Crippen LogP contribution in [0.1, 0.15) is 80.4 Å². The Labute approximate surface area is 212 Å². The molecule has 1 atom stereocenters. The Morgan fingerprint density at radius 3 is 2.33 bits per heavy atom. The lowest BCUT2D eigenvalue weighted by Gasteiger charge is -2.32. The van der Waals surface area contributed by atoms with Gasteiger partial charge in [0.2, 0.25) is 0 Å². The largest absolute Gasteiger partial charge is 0.381 e. The summed E-state index contributed by atoms with van der Waals surface area (Å²) in [6.45, 7) is 10.3. The molecule has 9 heteroatoms. The fraction of sp³-hybridized carbons (Fsp3) is 0.481. The van der Waals surface area contributed by atoms with Crippen molar-refractivity contribution in [3.63, 3.8) is 0 Å². The summed E-state index contributed by atoms with van der Waals surface area (Å²) in [6, 6.07) is 8.06. The van der Waals surface area contributed by atoms with Gasteiger partial charge in [-0.2, -0.15) is 5.10 Å². The number of nitrogens with zero attached hydrogens (tertiary/aromatic N) is 4. The molecule has 0 saturated carbocycles. The molecule has 4 rings (SSSR count). The van der Waals surface area contributed by atoms with Gasteiger partial charge < -0.3 is 21.3 Å². The van der Waals surface area contributed by atoms with Crippen molar-refractivity contribution in [2.75, 3.05) is 18.4 Å². The molecule has 3 heterocycles. The quantitative estimate of drug-likeness (QED) is 0.431. The maximum Gasteiger partial charge on any atom is 0.314 e. The lowest BCUT2D eigenvalue weighted by atomic mass is 9.97. The van der Waals surface area contributed by atoms with Crippen LogP contribution in [0.4, 0.5) is 10.5 Å². The summed E-state index contributed by atoms with van der Waals surface area (Å²) < 4.78 is 1.82. The highest BCUT2D eigenvalue weighted by molar-refractivity contribution is 6.06.